The van der Waals surface area contributed by atoms with E-state index in [2.05, 4.69) is 4.98 Å². The molecule has 1 rings (SSSR count). The molecule has 0 unspecified atom stereocenters. The molecule has 0 saturated heterocycles. The van der Waals surface area contributed by atoms with E-state index in [1.54, 1.807) is 0 Å². The van der Waals surface area contributed by atoms with Crippen molar-refractivity contribution in [3.05, 3.63) is 23.5 Å². The van der Waals surface area contributed by atoms with Gasteiger partial charge < -0.3 is 5.11 Å². The molecule has 0 aliphatic rings. The molecule has 0 amide bonds. The van der Waals surface area contributed by atoms with Crippen LogP contribution < -0.4 is 0 Å². The molecule has 88 valence electrons. The van der Waals surface area contributed by atoms with E-state index in [1.807, 2.05) is 0 Å². The summed E-state index contributed by atoms with van der Waals surface area (Å²) in [7, 11) is 0. The third-order valence-electron chi connectivity index (χ3n) is 1.68. The molecule has 7 heteroatoms. The van der Waals surface area contributed by atoms with E-state index in [9.17, 15) is 18.0 Å². The number of pyridine rings is 1. The van der Waals surface area contributed by atoms with Gasteiger partial charge in [0.2, 0.25) is 0 Å². The van der Waals surface area contributed by atoms with Crippen molar-refractivity contribution < 1.29 is 23.1 Å². The van der Waals surface area contributed by atoms with Gasteiger partial charge in [-0.15, -0.1) is 11.8 Å². The lowest BCUT2D eigenvalue weighted by atomic mass is 10.3. The number of hydrogen-bond acceptors (Lipinski definition) is 3. The monoisotopic (exact) mass is 251 g/mol. The number of rotatable bonds is 3. The van der Waals surface area contributed by atoms with E-state index in [0.29, 0.717) is 4.90 Å². The Morgan fingerprint density at radius 3 is 2.56 bits per heavy atom. The zero-order valence-corrected chi connectivity index (χ0v) is 9.02. The third-order valence-corrected chi connectivity index (χ3v) is 2.81. The van der Waals surface area contributed by atoms with E-state index >= 15 is 0 Å². The summed E-state index contributed by atoms with van der Waals surface area (Å²) < 4.78 is 36.8. The summed E-state index contributed by atoms with van der Waals surface area (Å²) in [5, 5.41) is 8.43. The Bertz CT molecular complexity index is 406. The Morgan fingerprint density at radius 1 is 1.50 bits per heavy atom. The second kappa shape index (κ2) is 4.73. The molecule has 1 heterocycles. The Balaban J connectivity index is 2.88. The Morgan fingerprint density at radius 2 is 2.12 bits per heavy atom. The highest BCUT2D eigenvalue weighted by Crippen LogP contribution is 2.30. The SMILES string of the molecule is Cc1nc(C(F)(F)F)ccc1SCC(=O)O. The quantitative estimate of drug-likeness (QED) is 0.839. The summed E-state index contributed by atoms with van der Waals surface area (Å²) in [6.07, 6.45) is -4.47. The minimum Gasteiger partial charge on any atom is -0.481 e. The number of alkyl halides is 3. The van der Waals surface area contributed by atoms with Crippen LogP contribution in [0.2, 0.25) is 0 Å². The lowest BCUT2D eigenvalue weighted by molar-refractivity contribution is -0.141. The van der Waals surface area contributed by atoms with Crippen LogP contribution in [-0.2, 0) is 11.0 Å². The summed E-state index contributed by atoms with van der Waals surface area (Å²) in [6.45, 7) is 1.42. The van der Waals surface area contributed by atoms with Crippen LogP contribution in [0.3, 0.4) is 0 Å². The van der Waals surface area contributed by atoms with Crippen molar-refractivity contribution in [2.45, 2.75) is 18.0 Å². The van der Waals surface area contributed by atoms with Gasteiger partial charge in [-0.1, -0.05) is 0 Å². The van der Waals surface area contributed by atoms with Crippen molar-refractivity contribution in [2.75, 3.05) is 5.75 Å². The summed E-state index contributed by atoms with van der Waals surface area (Å²) in [5.74, 6) is -1.22. The number of carboxylic acid groups (broad SMARTS) is 1. The molecule has 0 saturated carbocycles. The highest BCUT2D eigenvalue weighted by atomic mass is 32.2. The molecule has 0 aliphatic carbocycles. The van der Waals surface area contributed by atoms with Crippen molar-refractivity contribution in [3.63, 3.8) is 0 Å². The van der Waals surface area contributed by atoms with E-state index in [4.69, 9.17) is 5.11 Å². The fraction of sp³-hybridized carbons (Fsp3) is 0.333. The van der Waals surface area contributed by atoms with Gasteiger partial charge in [-0.05, 0) is 19.1 Å². The van der Waals surface area contributed by atoms with Crippen LogP contribution in [0.1, 0.15) is 11.4 Å². The summed E-state index contributed by atoms with van der Waals surface area (Å²) in [4.78, 5) is 14.1. The number of aromatic nitrogens is 1. The molecule has 0 aromatic carbocycles. The largest absolute Gasteiger partial charge is 0.481 e. The molecule has 0 fully saturated rings. The molecule has 0 aliphatic heterocycles. The average Bonchev–Trinajstić information content (AvgIpc) is 2.14. The van der Waals surface area contributed by atoms with Gasteiger partial charge in [-0.2, -0.15) is 13.2 Å². The van der Waals surface area contributed by atoms with Crippen LogP contribution >= 0.6 is 11.8 Å². The van der Waals surface area contributed by atoms with E-state index in [-0.39, 0.29) is 11.4 Å². The van der Waals surface area contributed by atoms with Crippen LogP contribution in [0.15, 0.2) is 17.0 Å². The Hall–Kier alpha value is -1.24. The van der Waals surface area contributed by atoms with Crippen LogP contribution in [0.4, 0.5) is 13.2 Å². The molecule has 0 bridgehead atoms. The van der Waals surface area contributed by atoms with Crippen LogP contribution in [-0.4, -0.2) is 21.8 Å². The van der Waals surface area contributed by atoms with Gasteiger partial charge in [0.25, 0.3) is 0 Å². The highest BCUT2D eigenvalue weighted by Gasteiger charge is 2.32. The van der Waals surface area contributed by atoms with Crippen molar-refractivity contribution in [1.29, 1.82) is 0 Å². The van der Waals surface area contributed by atoms with Crippen LogP contribution in [0.25, 0.3) is 0 Å². The molecule has 1 aromatic rings. The summed E-state index contributed by atoms with van der Waals surface area (Å²) in [6, 6.07) is 2.08. The fourth-order valence-electron chi connectivity index (χ4n) is 0.998. The fourth-order valence-corrected chi connectivity index (χ4v) is 1.70. The lowest BCUT2D eigenvalue weighted by Crippen LogP contribution is -2.09. The zero-order chi connectivity index (χ0) is 12.3. The van der Waals surface area contributed by atoms with Crippen molar-refractivity contribution in [2.24, 2.45) is 0 Å². The zero-order valence-electron chi connectivity index (χ0n) is 8.21. The average molecular weight is 251 g/mol. The second-order valence-corrected chi connectivity index (χ2v) is 3.98. The number of carbonyl (C=O) groups is 1. The number of nitrogens with zero attached hydrogens (tertiary/aromatic N) is 1. The molecule has 1 N–H and O–H groups in total. The van der Waals surface area contributed by atoms with Gasteiger partial charge in [0.1, 0.15) is 5.69 Å². The number of halogens is 3. The normalized spacial score (nSPS) is 11.5. The summed E-state index contributed by atoms with van der Waals surface area (Å²) >= 11 is 0.945. The number of carboxylic acids is 1. The maximum Gasteiger partial charge on any atom is 0.433 e. The minimum atomic E-state index is -4.47. The number of aliphatic carboxylic acids is 1. The highest BCUT2D eigenvalue weighted by molar-refractivity contribution is 8.00. The smallest absolute Gasteiger partial charge is 0.433 e. The first-order valence-electron chi connectivity index (χ1n) is 4.20. The van der Waals surface area contributed by atoms with Crippen molar-refractivity contribution in [1.82, 2.24) is 4.98 Å². The lowest BCUT2D eigenvalue weighted by Gasteiger charge is -2.08. The van der Waals surface area contributed by atoms with Crippen molar-refractivity contribution in [3.8, 4) is 0 Å². The molecule has 16 heavy (non-hydrogen) atoms. The van der Waals surface area contributed by atoms with Gasteiger partial charge in [0.05, 0.1) is 11.4 Å². The molecule has 0 spiro atoms. The van der Waals surface area contributed by atoms with Gasteiger partial charge in [-0.3, -0.25) is 4.79 Å². The maximum atomic E-state index is 12.3. The van der Waals surface area contributed by atoms with Gasteiger partial charge in [-0.25, -0.2) is 4.98 Å². The Labute approximate surface area is 93.7 Å². The molecule has 0 radical (unpaired) electrons. The Kier molecular flexibility index (Phi) is 3.79. The van der Waals surface area contributed by atoms with Gasteiger partial charge >= 0.3 is 12.1 Å². The number of aryl methyl sites for hydroxylation is 1. The van der Waals surface area contributed by atoms with Crippen molar-refractivity contribution >= 4 is 17.7 Å². The number of thioether (sulfide) groups is 1. The maximum absolute atomic E-state index is 12.3. The number of hydrogen-bond donors (Lipinski definition) is 1. The minimum absolute atomic E-state index is 0.182. The molecular weight excluding hydrogens is 243 g/mol. The predicted octanol–water partition coefficient (Wildman–Crippen LogP) is 2.59. The van der Waals surface area contributed by atoms with Gasteiger partial charge in [0.15, 0.2) is 0 Å². The first-order valence-corrected chi connectivity index (χ1v) is 5.18. The summed E-state index contributed by atoms with van der Waals surface area (Å²) in [5.41, 5.74) is -0.786. The van der Waals surface area contributed by atoms with Gasteiger partial charge in [0, 0.05) is 4.90 Å². The third kappa shape index (κ3) is 3.41. The van der Waals surface area contributed by atoms with E-state index < -0.39 is 17.8 Å². The van der Waals surface area contributed by atoms with E-state index in [1.165, 1.54) is 13.0 Å². The first-order chi connectivity index (χ1) is 7.30. The standard InChI is InChI=1S/C9H8F3NO2S/c1-5-6(16-4-8(14)15)2-3-7(13-5)9(10,11)12/h2-3H,4H2,1H3,(H,14,15). The van der Waals surface area contributed by atoms with Crippen LogP contribution in [0.5, 0.6) is 0 Å². The predicted molar refractivity (Wildman–Crippen MR) is 52.3 cm³/mol. The topological polar surface area (TPSA) is 50.2 Å². The molecule has 1 aromatic heterocycles. The molecular formula is C9H8F3NO2S. The van der Waals surface area contributed by atoms with E-state index in [0.717, 1.165) is 17.8 Å². The second-order valence-electron chi connectivity index (χ2n) is 2.96. The molecule has 3 nitrogen and oxygen atoms in total. The molecule has 0 atom stereocenters. The first kappa shape index (κ1) is 12.8. The van der Waals surface area contributed by atoms with Crippen LogP contribution in [0, 0.1) is 6.92 Å².